The molecule has 0 aliphatic heterocycles. The molecule has 6 aromatic rings. The summed E-state index contributed by atoms with van der Waals surface area (Å²) in [6, 6.07) is 23.3. The predicted octanol–water partition coefficient (Wildman–Crippen LogP) is 3.23. The van der Waals surface area contributed by atoms with Crippen LogP contribution in [0.25, 0.3) is 33.2 Å². The molecule has 0 aliphatic rings. The Morgan fingerprint density at radius 3 is 2.47 bits per heavy atom. The van der Waals surface area contributed by atoms with Crippen molar-refractivity contribution in [1.82, 2.24) is 24.2 Å². The third kappa shape index (κ3) is 3.51. The first kappa shape index (κ1) is 19.9. The van der Waals surface area contributed by atoms with Gasteiger partial charge in [-0.25, -0.2) is 24.3 Å². The molecule has 0 bridgehead atoms. The van der Waals surface area contributed by atoms with Gasteiger partial charge in [0.25, 0.3) is 5.65 Å². The molecule has 34 heavy (non-hydrogen) atoms. The first-order valence-corrected chi connectivity index (χ1v) is 11.0. The number of hydrogen-bond donors (Lipinski definition) is 0. The van der Waals surface area contributed by atoms with Crippen molar-refractivity contribution in [3.63, 3.8) is 0 Å². The van der Waals surface area contributed by atoms with Crippen molar-refractivity contribution in [3.8, 4) is 0 Å². The number of rotatable bonds is 5. The van der Waals surface area contributed by atoms with E-state index in [-0.39, 0.29) is 5.56 Å². The lowest BCUT2D eigenvalue weighted by molar-refractivity contribution is -0.357. The van der Waals surface area contributed by atoms with E-state index >= 15 is 0 Å². The highest BCUT2D eigenvalue weighted by molar-refractivity contribution is 6.03. The molecule has 2 aromatic carbocycles. The van der Waals surface area contributed by atoms with Crippen LogP contribution in [0, 0.1) is 0 Å². The van der Waals surface area contributed by atoms with Crippen LogP contribution in [0.5, 0.6) is 0 Å². The minimum atomic E-state index is -0.133. The highest BCUT2D eigenvalue weighted by atomic mass is 16.1. The molecule has 0 spiro atoms. The maximum Gasteiger partial charge on any atom is 0.322 e. The van der Waals surface area contributed by atoms with E-state index < -0.39 is 0 Å². The van der Waals surface area contributed by atoms with E-state index in [1.165, 1.54) is 5.56 Å². The number of para-hydroxylation sites is 2. The van der Waals surface area contributed by atoms with E-state index in [1.54, 1.807) is 28.0 Å². The number of H-pyrrole nitrogens is 1. The van der Waals surface area contributed by atoms with Crippen LogP contribution in [0.2, 0.25) is 0 Å². The molecule has 164 valence electrons. The number of pyridine rings is 1. The molecule has 8 heteroatoms. The number of benzene rings is 2. The molecule has 0 saturated carbocycles. The van der Waals surface area contributed by atoms with Gasteiger partial charge in [0.1, 0.15) is 5.52 Å². The molecule has 0 aliphatic carbocycles. The number of nitrogens with one attached hydrogen (secondary N) is 1. The highest BCUT2D eigenvalue weighted by Crippen LogP contribution is 2.23. The molecule has 6 rings (SSSR count). The zero-order chi connectivity index (χ0) is 22.9. The summed E-state index contributed by atoms with van der Waals surface area (Å²) in [7, 11) is 0. The Bertz CT molecular complexity index is 1720. The van der Waals surface area contributed by atoms with Crippen molar-refractivity contribution in [2.45, 2.75) is 13.0 Å². The van der Waals surface area contributed by atoms with Gasteiger partial charge in [-0.1, -0.05) is 48.5 Å². The van der Waals surface area contributed by atoms with Crippen molar-refractivity contribution in [2.24, 2.45) is 5.10 Å². The molecule has 0 amide bonds. The number of hydrogen-bond acceptors (Lipinski definition) is 5. The molecule has 0 saturated heterocycles. The van der Waals surface area contributed by atoms with Gasteiger partial charge in [0.2, 0.25) is 5.65 Å². The van der Waals surface area contributed by atoms with Gasteiger partial charge in [-0.05, 0) is 29.8 Å². The molecular formula is C26H20N7O+. The van der Waals surface area contributed by atoms with Crippen LogP contribution in [0.3, 0.4) is 0 Å². The summed E-state index contributed by atoms with van der Waals surface area (Å²) >= 11 is 0. The second-order valence-corrected chi connectivity index (χ2v) is 7.93. The summed E-state index contributed by atoms with van der Waals surface area (Å²) < 4.78 is 3.31. The minimum Gasteiger partial charge on any atom is -0.255 e. The SMILES string of the molecule is O=c1c2c3nc4ccccc4nc3n(N=Cc3ccccn3)c2[nH+]cn1CCc1ccccc1. The number of fused-ring (bicyclic) bond motifs is 4. The molecule has 0 unspecified atom stereocenters. The average Bonchev–Trinajstić information content (AvgIpc) is 3.20. The van der Waals surface area contributed by atoms with Crippen molar-refractivity contribution < 1.29 is 4.98 Å². The van der Waals surface area contributed by atoms with Crippen LogP contribution in [-0.2, 0) is 13.0 Å². The Labute approximate surface area is 193 Å². The molecule has 1 N–H and O–H groups in total. The minimum absolute atomic E-state index is 0.133. The maximum absolute atomic E-state index is 13.6. The molecule has 0 atom stereocenters. The third-order valence-corrected chi connectivity index (χ3v) is 5.75. The molecule has 4 heterocycles. The van der Waals surface area contributed by atoms with Crippen LogP contribution in [0.1, 0.15) is 11.3 Å². The number of nitrogens with zero attached hydrogens (tertiary/aromatic N) is 6. The average molecular weight is 446 g/mol. The van der Waals surface area contributed by atoms with E-state index in [2.05, 4.69) is 27.2 Å². The lowest BCUT2D eigenvalue weighted by atomic mass is 10.1. The van der Waals surface area contributed by atoms with Crippen LogP contribution < -0.4 is 10.5 Å². The third-order valence-electron chi connectivity index (χ3n) is 5.75. The van der Waals surface area contributed by atoms with E-state index in [1.807, 2.05) is 60.7 Å². The standard InChI is InChI=1S/C26H19N7O/c34-26-22-23-25(31-21-12-5-4-11-20(21)30-23)33(29-16-19-10-6-7-14-27-19)24(22)28-17-32(26)15-13-18-8-2-1-3-9-18/h1-12,14,16-17H,13,15H2/p+1. The Hall–Kier alpha value is -4.72. The smallest absolute Gasteiger partial charge is 0.255 e. The van der Waals surface area contributed by atoms with E-state index in [9.17, 15) is 4.79 Å². The molecule has 8 nitrogen and oxygen atoms in total. The highest BCUT2D eigenvalue weighted by Gasteiger charge is 2.24. The van der Waals surface area contributed by atoms with E-state index in [4.69, 9.17) is 9.97 Å². The zero-order valence-electron chi connectivity index (χ0n) is 18.2. The zero-order valence-corrected chi connectivity index (χ0v) is 18.2. The molecule has 0 fully saturated rings. The fraction of sp³-hybridized carbons (Fsp3) is 0.0769. The Kier molecular flexibility index (Phi) is 4.88. The normalized spacial score (nSPS) is 11.8. The van der Waals surface area contributed by atoms with Crippen molar-refractivity contribution in [1.29, 1.82) is 0 Å². The quantitative estimate of drug-likeness (QED) is 0.380. The number of aryl methyl sites for hydroxylation is 2. The summed E-state index contributed by atoms with van der Waals surface area (Å²) in [5, 5.41) is 5.07. The lowest BCUT2D eigenvalue weighted by Gasteiger charge is -2.01. The van der Waals surface area contributed by atoms with Gasteiger partial charge < -0.3 is 0 Å². The fourth-order valence-electron chi connectivity index (χ4n) is 4.05. The Balaban J connectivity index is 1.55. The van der Waals surface area contributed by atoms with Gasteiger partial charge in [-0.15, -0.1) is 9.78 Å². The Morgan fingerprint density at radius 2 is 1.68 bits per heavy atom. The number of aromatic nitrogens is 6. The molecular weight excluding hydrogens is 426 g/mol. The monoisotopic (exact) mass is 446 g/mol. The van der Waals surface area contributed by atoms with Gasteiger partial charge in [0.05, 0.1) is 29.5 Å². The molecule has 0 radical (unpaired) electrons. The molecule has 4 aromatic heterocycles. The van der Waals surface area contributed by atoms with Gasteiger partial charge in [0.15, 0.2) is 11.7 Å². The van der Waals surface area contributed by atoms with Crippen LogP contribution in [0.4, 0.5) is 0 Å². The summed E-state index contributed by atoms with van der Waals surface area (Å²) in [5.41, 5.74) is 4.75. The predicted molar refractivity (Wildman–Crippen MR) is 131 cm³/mol. The van der Waals surface area contributed by atoms with Crippen molar-refractivity contribution in [2.75, 3.05) is 0 Å². The van der Waals surface area contributed by atoms with Crippen LogP contribution >= 0.6 is 0 Å². The second kappa shape index (κ2) is 8.32. The summed E-state index contributed by atoms with van der Waals surface area (Å²) in [4.78, 5) is 30.7. The summed E-state index contributed by atoms with van der Waals surface area (Å²) in [6.45, 7) is 0.542. The van der Waals surface area contributed by atoms with Crippen molar-refractivity contribution >= 4 is 39.4 Å². The second-order valence-electron chi connectivity index (χ2n) is 7.93. The largest absolute Gasteiger partial charge is 0.322 e. The number of aromatic amines is 1. The summed E-state index contributed by atoms with van der Waals surface area (Å²) in [6.07, 6.45) is 5.78. The Morgan fingerprint density at radius 1 is 0.912 bits per heavy atom. The lowest BCUT2D eigenvalue weighted by Crippen LogP contribution is -2.27. The van der Waals surface area contributed by atoms with Gasteiger partial charge in [-0.2, -0.15) is 0 Å². The van der Waals surface area contributed by atoms with Gasteiger partial charge in [-0.3, -0.25) is 4.98 Å². The first-order chi connectivity index (χ1) is 16.8. The topological polar surface area (TPSA) is 92.1 Å². The van der Waals surface area contributed by atoms with Crippen molar-refractivity contribution in [3.05, 3.63) is 107 Å². The van der Waals surface area contributed by atoms with E-state index in [0.717, 1.165) is 17.5 Å². The van der Waals surface area contributed by atoms with Crippen LogP contribution in [-0.4, -0.2) is 30.4 Å². The van der Waals surface area contributed by atoms with Gasteiger partial charge in [0, 0.05) is 12.6 Å². The first-order valence-electron chi connectivity index (χ1n) is 11.0. The van der Waals surface area contributed by atoms with Gasteiger partial charge >= 0.3 is 5.56 Å². The van der Waals surface area contributed by atoms with Crippen LogP contribution in [0.15, 0.2) is 95.2 Å². The fourth-order valence-corrected chi connectivity index (χ4v) is 4.05. The van der Waals surface area contributed by atoms with E-state index in [0.29, 0.717) is 34.4 Å². The summed E-state index contributed by atoms with van der Waals surface area (Å²) in [5.74, 6) is 0. The maximum atomic E-state index is 13.6.